The first-order chi connectivity index (χ1) is 12.2. The minimum absolute atomic E-state index is 0.668. The Bertz CT molecular complexity index is 830. The van der Waals surface area contributed by atoms with Crippen molar-refractivity contribution in [1.82, 2.24) is 15.2 Å². The Kier molecular flexibility index (Phi) is 5.03. The summed E-state index contributed by atoms with van der Waals surface area (Å²) in [5.74, 6) is 2.88. The normalized spacial score (nSPS) is 10.5. The molecule has 4 N–H and O–H groups in total. The van der Waals surface area contributed by atoms with Gasteiger partial charge in [0.05, 0.1) is 14.2 Å². The van der Waals surface area contributed by atoms with Crippen molar-refractivity contribution in [2.24, 2.45) is 0 Å². The second kappa shape index (κ2) is 7.57. The van der Waals surface area contributed by atoms with Gasteiger partial charge in [-0.05, 0) is 36.4 Å². The minimum atomic E-state index is 0.668. The average Bonchev–Trinajstić information content (AvgIpc) is 3.11. The zero-order valence-corrected chi connectivity index (χ0v) is 14.2. The maximum absolute atomic E-state index is 5.70. The van der Waals surface area contributed by atoms with Crippen molar-refractivity contribution >= 4 is 11.4 Å². The molecular formula is C18H21N5O2. The van der Waals surface area contributed by atoms with E-state index in [4.69, 9.17) is 15.2 Å². The number of nitrogens with one attached hydrogen (secondary N) is 2. The number of H-pyrrole nitrogens is 1. The third kappa shape index (κ3) is 4.00. The number of hydrogen-bond acceptors (Lipinski definition) is 6. The van der Waals surface area contributed by atoms with Crippen LogP contribution in [-0.4, -0.2) is 35.9 Å². The van der Waals surface area contributed by atoms with E-state index in [-0.39, 0.29) is 0 Å². The van der Waals surface area contributed by atoms with E-state index >= 15 is 0 Å². The van der Waals surface area contributed by atoms with Crippen molar-refractivity contribution in [2.75, 3.05) is 31.8 Å². The van der Waals surface area contributed by atoms with E-state index in [1.807, 2.05) is 42.5 Å². The summed E-state index contributed by atoms with van der Waals surface area (Å²) in [7, 11) is 3.24. The molecule has 0 aliphatic carbocycles. The number of anilines is 2. The molecule has 0 atom stereocenters. The van der Waals surface area contributed by atoms with E-state index in [1.54, 1.807) is 14.2 Å². The van der Waals surface area contributed by atoms with Gasteiger partial charge in [0.25, 0.3) is 0 Å². The molecule has 1 aromatic heterocycles. The molecule has 0 aliphatic heterocycles. The summed E-state index contributed by atoms with van der Waals surface area (Å²) in [6, 6.07) is 13.2. The lowest BCUT2D eigenvalue weighted by Gasteiger charge is -2.10. The first-order valence-corrected chi connectivity index (χ1v) is 7.92. The third-order valence-corrected chi connectivity index (χ3v) is 3.78. The van der Waals surface area contributed by atoms with Crippen LogP contribution in [0.4, 0.5) is 11.4 Å². The summed E-state index contributed by atoms with van der Waals surface area (Å²) < 4.78 is 10.5. The highest BCUT2D eigenvalue weighted by molar-refractivity contribution is 5.58. The van der Waals surface area contributed by atoms with Crippen molar-refractivity contribution in [2.45, 2.75) is 6.42 Å². The van der Waals surface area contributed by atoms with Crippen molar-refractivity contribution in [3.8, 4) is 22.9 Å². The molecule has 3 aromatic rings. The van der Waals surface area contributed by atoms with Gasteiger partial charge in [0.15, 0.2) is 17.3 Å². The lowest BCUT2D eigenvalue weighted by atomic mass is 10.2. The first kappa shape index (κ1) is 16.6. The third-order valence-electron chi connectivity index (χ3n) is 3.78. The highest BCUT2D eigenvalue weighted by atomic mass is 16.5. The van der Waals surface area contributed by atoms with Crippen molar-refractivity contribution in [1.29, 1.82) is 0 Å². The van der Waals surface area contributed by atoms with Crippen LogP contribution in [-0.2, 0) is 6.42 Å². The molecule has 1 heterocycles. The number of nitrogens with zero attached hydrogens (tertiary/aromatic N) is 2. The van der Waals surface area contributed by atoms with Crippen LogP contribution in [0.3, 0.4) is 0 Å². The smallest absolute Gasteiger partial charge is 0.181 e. The zero-order valence-electron chi connectivity index (χ0n) is 14.2. The first-order valence-electron chi connectivity index (χ1n) is 7.92. The fourth-order valence-corrected chi connectivity index (χ4v) is 2.44. The number of methoxy groups -OCH3 is 2. The van der Waals surface area contributed by atoms with Gasteiger partial charge in [-0.2, -0.15) is 5.10 Å². The highest BCUT2D eigenvalue weighted by Gasteiger charge is 2.07. The Morgan fingerprint density at radius 3 is 2.52 bits per heavy atom. The number of rotatable bonds is 7. The van der Waals surface area contributed by atoms with Crippen LogP contribution in [0.2, 0.25) is 0 Å². The topological polar surface area (TPSA) is 98.1 Å². The SMILES string of the molecule is COc1ccc(NCCc2nc(-c3ccc(N)cc3)n[nH]2)cc1OC. The molecule has 7 heteroatoms. The largest absolute Gasteiger partial charge is 0.493 e. The average molecular weight is 339 g/mol. The quantitative estimate of drug-likeness (QED) is 0.573. The molecule has 0 amide bonds. The maximum atomic E-state index is 5.70. The molecule has 0 spiro atoms. The number of aromatic nitrogens is 3. The Balaban J connectivity index is 1.58. The molecule has 0 unspecified atom stereocenters. The molecule has 0 saturated carbocycles. The van der Waals surface area contributed by atoms with Crippen LogP contribution in [0.15, 0.2) is 42.5 Å². The molecular weight excluding hydrogens is 318 g/mol. The van der Waals surface area contributed by atoms with Gasteiger partial charge >= 0.3 is 0 Å². The molecule has 0 saturated heterocycles. The predicted molar refractivity (Wildman–Crippen MR) is 98.0 cm³/mol. The maximum Gasteiger partial charge on any atom is 0.181 e. The lowest BCUT2D eigenvalue weighted by Crippen LogP contribution is -2.06. The molecule has 0 fully saturated rings. The molecule has 0 radical (unpaired) electrons. The molecule has 0 bridgehead atoms. The molecule has 7 nitrogen and oxygen atoms in total. The van der Waals surface area contributed by atoms with E-state index in [0.717, 1.165) is 29.2 Å². The van der Waals surface area contributed by atoms with Crippen LogP contribution < -0.4 is 20.5 Å². The van der Waals surface area contributed by atoms with Crippen LogP contribution in [0, 0.1) is 0 Å². The number of nitrogens with two attached hydrogens (primary N) is 1. The summed E-state index contributed by atoms with van der Waals surface area (Å²) >= 11 is 0. The summed E-state index contributed by atoms with van der Waals surface area (Å²) in [4.78, 5) is 4.51. The monoisotopic (exact) mass is 339 g/mol. The van der Waals surface area contributed by atoms with Crippen molar-refractivity contribution in [3.63, 3.8) is 0 Å². The van der Waals surface area contributed by atoms with Crippen LogP contribution in [0.5, 0.6) is 11.5 Å². The summed E-state index contributed by atoms with van der Waals surface area (Å²) in [6.07, 6.45) is 0.719. The van der Waals surface area contributed by atoms with Gasteiger partial charge in [0.2, 0.25) is 0 Å². The van der Waals surface area contributed by atoms with Crippen LogP contribution in [0.1, 0.15) is 5.82 Å². The van der Waals surface area contributed by atoms with E-state index in [2.05, 4.69) is 20.5 Å². The van der Waals surface area contributed by atoms with E-state index in [1.165, 1.54) is 0 Å². The molecule has 2 aromatic carbocycles. The van der Waals surface area contributed by atoms with E-state index in [0.29, 0.717) is 23.9 Å². The predicted octanol–water partition coefficient (Wildman–Crippen LogP) is 2.73. The zero-order chi connectivity index (χ0) is 17.6. The van der Waals surface area contributed by atoms with Crippen LogP contribution >= 0.6 is 0 Å². The Morgan fingerprint density at radius 2 is 1.80 bits per heavy atom. The van der Waals surface area contributed by atoms with E-state index in [9.17, 15) is 0 Å². The minimum Gasteiger partial charge on any atom is -0.493 e. The van der Waals surface area contributed by atoms with Gasteiger partial charge in [-0.25, -0.2) is 4.98 Å². The molecule has 130 valence electrons. The number of nitrogen functional groups attached to an aromatic ring is 1. The van der Waals surface area contributed by atoms with E-state index < -0.39 is 0 Å². The van der Waals surface area contributed by atoms with Gasteiger partial charge in [-0.3, -0.25) is 5.10 Å². The second-order valence-electron chi connectivity index (χ2n) is 5.47. The highest BCUT2D eigenvalue weighted by Crippen LogP contribution is 2.29. The van der Waals surface area contributed by atoms with Gasteiger partial charge < -0.3 is 20.5 Å². The fraction of sp³-hybridized carbons (Fsp3) is 0.222. The molecule has 25 heavy (non-hydrogen) atoms. The van der Waals surface area contributed by atoms with Crippen LogP contribution in [0.25, 0.3) is 11.4 Å². The molecule has 0 aliphatic rings. The second-order valence-corrected chi connectivity index (χ2v) is 5.47. The Morgan fingerprint density at radius 1 is 1.04 bits per heavy atom. The van der Waals surface area contributed by atoms with Crippen molar-refractivity contribution in [3.05, 3.63) is 48.3 Å². The Hall–Kier alpha value is -3.22. The summed E-state index contributed by atoms with van der Waals surface area (Å²) in [5, 5.41) is 10.6. The summed E-state index contributed by atoms with van der Waals surface area (Å²) in [5.41, 5.74) is 8.31. The number of hydrogen-bond donors (Lipinski definition) is 3. The summed E-state index contributed by atoms with van der Waals surface area (Å²) in [6.45, 7) is 0.714. The van der Waals surface area contributed by atoms with Gasteiger partial charge in [0, 0.05) is 36.0 Å². The van der Waals surface area contributed by atoms with Gasteiger partial charge in [-0.1, -0.05) is 0 Å². The standard InChI is InChI=1S/C18H21N5O2/c1-24-15-8-7-14(11-16(15)25-2)20-10-9-17-21-18(23-22-17)12-3-5-13(19)6-4-12/h3-8,11,20H,9-10,19H2,1-2H3,(H,21,22,23). The number of ether oxygens (including phenoxy) is 2. The number of aromatic amines is 1. The Labute approximate surface area is 146 Å². The number of benzene rings is 2. The lowest BCUT2D eigenvalue weighted by molar-refractivity contribution is 0.355. The van der Waals surface area contributed by atoms with Gasteiger partial charge in [-0.15, -0.1) is 0 Å². The van der Waals surface area contributed by atoms with Crippen molar-refractivity contribution < 1.29 is 9.47 Å². The van der Waals surface area contributed by atoms with Gasteiger partial charge in [0.1, 0.15) is 5.82 Å². The fourth-order valence-electron chi connectivity index (χ4n) is 2.44. The molecule has 3 rings (SSSR count).